The number of hydrogen-bond donors (Lipinski definition) is 1. The lowest BCUT2D eigenvalue weighted by Crippen LogP contribution is -2.27. The smallest absolute Gasteiger partial charge is 0.0955 e. The third-order valence-corrected chi connectivity index (χ3v) is 3.17. The molecule has 2 rings (SSSR count). The molecule has 0 radical (unpaired) electrons. The van der Waals surface area contributed by atoms with Gasteiger partial charge in [-0.2, -0.15) is 0 Å². The SMILES string of the molecule is CNCc1cn(C(C)(C)Cc2ccccc2)cn1. The summed E-state index contributed by atoms with van der Waals surface area (Å²) >= 11 is 0. The van der Waals surface area contributed by atoms with Crippen molar-refractivity contribution in [3.63, 3.8) is 0 Å². The molecule has 0 unspecified atom stereocenters. The maximum Gasteiger partial charge on any atom is 0.0955 e. The molecule has 1 heterocycles. The third-order valence-electron chi connectivity index (χ3n) is 3.17. The quantitative estimate of drug-likeness (QED) is 0.874. The Kier molecular flexibility index (Phi) is 3.82. The first-order valence-corrected chi connectivity index (χ1v) is 6.34. The maximum atomic E-state index is 4.41. The van der Waals surface area contributed by atoms with Gasteiger partial charge in [0.15, 0.2) is 0 Å². The molecule has 0 bridgehead atoms. The van der Waals surface area contributed by atoms with E-state index in [1.165, 1.54) is 5.56 Å². The van der Waals surface area contributed by atoms with Crippen LogP contribution in [0.2, 0.25) is 0 Å². The topological polar surface area (TPSA) is 29.9 Å². The van der Waals surface area contributed by atoms with Crippen molar-refractivity contribution in [3.05, 3.63) is 54.1 Å². The Bertz CT molecular complexity index is 485. The lowest BCUT2D eigenvalue weighted by Gasteiger charge is -2.26. The van der Waals surface area contributed by atoms with Gasteiger partial charge in [-0.15, -0.1) is 0 Å². The van der Waals surface area contributed by atoms with Gasteiger partial charge in [-0.1, -0.05) is 30.3 Å². The summed E-state index contributed by atoms with van der Waals surface area (Å²) in [6.07, 6.45) is 5.05. The zero-order valence-electron chi connectivity index (χ0n) is 11.4. The summed E-state index contributed by atoms with van der Waals surface area (Å²) in [5.74, 6) is 0. The number of hydrogen-bond acceptors (Lipinski definition) is 2. The number of benzene rings is 1. The van der Waals surface area contributed by atoms with Crippen LogP contribution in [0.25, 0.3) is 0 Å². The Labute approximate surface area is 109 Å². The molecule has 0 spiro atoms. The molecule has 0 saturated carbocycles. The van der Waals surface area contributed by atoms with E-state index >= 15 is 0 Å². The van der Waals surface area contributed by atoms with Crippen molar-refractivity contribution in [2.75, 3.05) is 7.05 Å². The largest absolute Gasteiger partial charge is 0.331 e. The van der Waals surface area contributed by atoms with Crippen LogP contribution in [0.3, 0.4) is 0 Å². The van der Waals surface area contributed by atoms with Crippen LogP contribution in [-0.2, 0) is 18.5 Å². The molecule has 1 aromatic carbocycles. The number of aromatic nitrogens is 2. The fraction of sp³-hybridized carbons (Fsp3) is 0.400. The second kappa shape index (κ2) is 5.36. The van der Waals surface area contributed by atoms with Crippen LogP contribution >= 0.6 is 0 Å². The van der Waals surface area contributed by atoms with Crippen LogP contribution in [0.15, 0.2) is 42.9 Å². The molecule has 0 aliphatic heterocycles. The fourth-order valence-corrected chi connectivity index (χ4v) is 2.15. The van der Waals surface area contributed by atoms with E-state index in [2.05, 4.69) is 65.2 Å². The molecule has 0 amide bonds. The van der Waals surface area contributed by atoms with Crippen LogP contribution in [0.4, 0.5) is 0 Å². The van der Waals surface area contributed by atoms with Gasteiger partial charge in [-0.3, -0.25) is 0 Å². The zero-order chi connectivity index (χ0) is 13.0. The van der Waals surface area contributed by atoms with Crippen molar-refractivity contribution in [2.24, 2.45) is 0 Å². The minimum absolute atomic E-state index is 0.0420. The molecule has 0 atom stereocenters. The summed E-state index contributed by atoms with van der Waals surface area (Å²) in [5.41, 5.74) is 2.48. The average Bonchev–Trinajstić information content (AvgIpc) is 2.80. The van der Waals surface area contributed by atoms with E-state index in [-0.39, 0.29) is 5.54 Å². The Morgan fingerprint density at radius 3 is 2.61 bits per heavy atom. The van der Waals surface area contributed by atoms with Crippen molar-refractivity contribution in [3.8, 4) is 0 Å². The van der Waals surface area contributed by atoms with Crippen molar-refractivity contribution < 1.29 is 0 Å². The highest BCUT2D eigenvalue weighted by Gasteiger charge is 2.20. The molecule has 0 saturated heterocycles. The predicted molar refractivity (Wildman–Crippen MR) is 74.5 cm³/mol. The molecule has 18 heavy (non-hydrogen) atoms. The van der Waals surface area contributed by atoms with Gasteiger partial charge in [0.05, 0.1) is 12.0 Å². The average molecular weight is 243 g/mol. The summed E-state index contributed by atoms with van der Waals surface area (Å²) in [5, 5.41) is 3.12. The number of imidazole rings is 1. The minimum atomic E-state index is 0.0420. The summed E-state index contributed by atoms with van der Waals surface area (Å²) in [6.45, 7) is 5.30. The molecule has 0 fully saturated rings. The van der Waals surface area contributed by atoms with Gasteiger partial charge in [0.25, 0.3) is 0 Å². The summed E-state index contributed by atoms with van der Waals surface area (Å²) in [7, 11) is 1.94. The predicted octanol–water partition coefficient (Wildman–Crippen LogP) is 2.58. The lowest BCUT2D eigenvalue weighted by atomic mass is 9.95. The van der Waals surface area contributed by atoms with E-state index in [4.69, 9.17) is 0 Å². The van der Waals surface area contributed by atoms with E-state index in [1.807, 2.05) is 13.4 Å². The maximum absolute atomic E-state index is 4.41. The summed E-state index contributed by atoms with van der Waals surface area (Å²) < 4.78 is 2.20. The van der Waals surface area contributed by atoms with Crippen LogP contribution in [-0.4, -0.2) is 16.6 Å². The molecule has 0 aliphatic carbocycles. The number of rotatable bonds is 5. The second-order valence-corrected chi connectivity index (χ2v) is 5.28. The fourth-order valence-electron chi connectivity index (χ4n) is 2.15. The first kappa shape index (κ1) is 12.8. The zero-order valence-corrected chi connectivity index (χ0v) is 11.4. The van der Waals surface area contributed by atoms with E-state index in [9.17, 15) is 0 Å². The molecule has 1 aromatic heterocycles. The monoisotopic (exact) mass is 243 g/mol. The van der Waals surface area contributed by atoms with Crippen LogP contribution in [0.1, 0.15) is 25.1 Å². The number of nitrogens with one attached hydrogen (secondary N) is 1. The van der Waals surface area contributed by atoms with Crippen molar-refractivity contribution in [1.29, 1.82) is 0 Å². The summed E-state index contributed by atoms with van der Waals surface area (Å²) in [6, 6.07) is 10.6. The van der Waals surface area contributed by atoms with Gasteiger partial charge in [-0.25, -0.2) is 4.98 Å². The van der Waals surface area contributed by atoms with Gasteiger partial charge in [-0.05, 0) is 32.9 Å². The van der Waals surface area contributed by atoms with Crippen molar-refractivity contribution >= 4 is 0 Å². The number of nitrogens with zero attached hydrogens (tertiary/aromatic N) is 2. The van der Waals surface area contributed by atoms with Crippen LogP contribution in [0, 0.1) is 0 Å². The lowest BCUT2D eigenvalue weighted by molar-refractivity contribution is 0.352. The summed E-state index contributed by atoms with van der Waals surface area (Å²) in [4.78, 5) is 4.41. The van der Waals surface area contributed by atoms with E-state index in [1.54, 1.807) is 0 Å². The van der Waals surface area contributed by atoms with Crippen LogP contribution < -0.4 is 5.32 Å². The van der Waals surface area contributed by atoms with Gasteiger partial charge < -0.3 is 9.88 Å². The molecule has 3 heteroatoms. The Hall–Kier alpha value is -1.61. The van der Waals surface area contributed by atoms with E-state index in [0.29, 0.717) is 0 Å². The molecule has 1 N–H and O–H groups in total. The van der Waals surface area contributed by atoms with Gasteiger partial charge >= 0.3 is 0 Å². The second-order valence-electron chi connectivity index (χ2n) is 5.28. The minimum Gasteiger partial charge on any atom is -0.331 e. The molecular formula is C15H21N3. The molecule has 2 aromatic rings. The first-order chi connectivity index (χ1) is 8.62. The Balaban J connectivity index is 2.14. The molecule has 3 nitrogen and oxygen atoms in total. The Morgan fingerprint density at radius 1 is 1.22 bits per heavy atom. The van der Waals surface area contributed by atoms with E-state index < -0.39 is 0 Å². The molecule has 96 valence electrons. The van der Waals surface area contributed by atoms with Crippen molar-refractivity contribution in [1.82, 2.24) is 14.9 Å². The highest BCUT2D eigenvalue weighted by molar-refractivity contribution is 5.17. The van der Waals surface area contributed by atoms with Crippen LogP contribution in [0.5, 0.6) is 0 Å². The normalized spacial score (nSPS) is 11.7. The standard InChI is InChI=1S/C15H21N3/c1-15(2,9-13-7-5-4-6-8-13)18-11-14(10-16-3)17-12-18/h4-8,11-12,16H,9-10H2,1-3H3. The van der Waals surface area contributed by atoms with E-state index in [0.717, 1.165) is 18.7 Å². The van der Waals surface area contributed by atoms with Gasteiger partial charge in [0.2, 0.25) is 0 Å². The highest BCUT2D eigenvalue weighted by atomic mass is 15.1. The van der Waals surface area contributed by atoms with Crippen molar-refractivity contribution in [2.45, 2.75) is 32.4 Å². The molecular weight excluding hydrogens is 222 g/mol. The third kappa shape index (κ3) is 2.99. The molecule has 0 aliphatic rings. The van der Waals surface area contributed by atoms with Gasteiger partial charge in [0, 0.05) is 18.3 Å². The Morgan fingerprint density at radius 2 is 1.94 bits per heavy atom. The highest BCUT2D eigenvalue weighted by Crippen LogP contribution is 2.21. The first-order valence-electron chi connectivity index (χ1n) is 6.34. The van der Waals surface area contributed by atoms with Gasteiger partial charge in [0.1, 0.15) is 0 Å².